The zero-order valence-corrected chi connectivity index (χ0v) is 7.15. The summed E-state index contributed by atoms with van der Waals surface area (Å²) in [5, 5.41) is 0. The van der Waals surface area contributed by atoms with Crippen molar-refractivity contribution in [2.75, 3.05) is 0 Å². The van der Waals surface area contributed by atoms with E-state index in [1.54, 1.807) is 0 Å². The Bertz CT molecular complexity index is 188. The number of allylic oxidation sites excluding steroid dienone is 2. The Kier molecular flexibility index (Phi) is 0.962. The molecule has 2 aliphatic rings. The molecule has 0 heterocycles. The van der Waals surface area contributed by atoms with Crippen LogP contribution in [0.25, 0.3) is 0 Å². The number of rotatable bonds is 0. The van der Waals surface area contributed by atoms with Gasteiger partial charge in [-0.3, -0.25) is 0 Å². The van der Waals surface area contributed by atoms with Gasteiger partial charge in [0, 0.05) is 0 Å². The van der Waals surface area contributed by atoms with Gasteiger partial charge < -0.3 is 0 Å². The van der Waals surface area contributed by atoms with Gasteiger partial charge in [-0.25, -0.2) is 0 Å². The van der Waals surface area contributed by atoms with E-state index in [0.717, 1.165) is 5.92 Å². The fourth-order valence-corrected chi connectivity index (χ4v) is 2.53. The molecule has 56 valence electrons. The summed E-state index contributed by atoms with van der Waals surface area (Å²) in [7, 11) is 0. The average Bonchev–Trinajstić information content (AvgIpc) is 2.18. The van der Waals surface area contributed by atoms with Gasteiger partial charge in [0.25, 0.3) is 0 Å². The number of hydrogen-bond acceptors (Lipinski definition) is 0. The van der Waals surface area contributed by atoms with Crippen LogP contribution >= 0.6 is 0 Å². The summed E-state index contributed by atoms with van der Waals surface area (Å²) in [6.45, 7) is 7.21. The molecule has 0 radical (unpaired) electrons. The van der Waals surface area contributed by atoms with E-state index < -0.39 is 0 Å². The summed E-state index contributed by atoms with van der Waals surface area (Å²) in [5.41, 5.74) is 1.07. The van der Waals surface area contributed by atoms with Crippen molar-refractivity contribution in [3.63, 3.8) is 0 Å². The van der Waals surface area contributed by atoms with Crippen molar-refractivity contribution in [1.82, 2.24) is 0 Å². The van der Waals surface area contributed by atoms with E-state index in [4.69, 9.17) is 0 Å². The highest BCUT2D eigenvalue weighted by molar-refractivity contribution is 5.22. The summed E-state index contributed by atoms with van der Waals surface area (Å²) in [4.78, 5) is 0. The van der Waals surface area contributed by atoms with Gasteiger partial charge in [0.2, 0.25) is 0 Å². The van der Waals surface area contributed by atoms with Crippen molar-refractivity contribution in [3.8, 4) is 0 Å². The maximum atomic E-state index is 2.43. The molecule has 1 saturated carbocycles. The standard InChI is InChI=1S/C10H16/c1-9(2)8-4-6-10(9,3)7-5-8/h4,6,8H,5,7H2,1-3H3/t8-,10-/m0/s1. The van der Waals surface area contributed by atoms with Crippen LogP contribution in [0.5, 0.6) is 0 Å². The average molecular weight is 136 g/mol. The highest BCUT2D eigenvalue weighted by atomic mass is 14.6. The molecule has 2 aliphatic carbocycles. The molecule has 2 atom stereocenters. The van der Waals surface area contributed by atoms with E-state index in [1.165, 1.54) is 12.8 Å². The Hall–Kier alpha value is -0.260. The zero-order chi connectivity index (χ0) is 7.41. The fraction of sp³-hybridized carbons (Fsp3) is 0.800. The zero-order valence-electron chi connectivity index (χ0n) is 7.15. The molecule has 0 aliphatic heterocycles. The number of fused-ring (bicyclic) bond motifs is 2. The highest BCUT2D eigenvalue weighted by Gasteiger charge is 2.52. The van der Waals surface area contributed by atoms with Crippen LogP contribution in [0.3, 0.4) is 0 Å². The first-order valence-electron chi connectivity index (χ1n) is 4.26. The Morgan fingerprint density at radius 1 is 1.30 bits per heavy atom. The second-order valence-electron chi connectivity index (χ2n) is 4.64. The molecule has 2 bridgehead atoms. The normalized spacial score (nSPS) is 48.5. The summed E-state index contributed by atoms with van der Waals surface area (Å²) < 4.78 is 0. The predicted molar refractivity (Wildman–Crippen MR) is 43.8 cm³/mol. The molecule has 0 heteroatoms. The van der Waals surface area contributed by atoms with Crippen LogP contribution in [0.4, 0.5) is 0 Å². The van der Waals surface area contributed by atoms with Crippen LogP contribution in [0.2, 0.25) is 0 Å². The molecule has 0 aromatic carbocycles. The SMILES string of the molecule is CC1(C)[C@H]2C=C[C@@]1(C)CC2. The molecule has 0 spiro atoms. The minimum Gasteiger partial charge on any atom is -0.0843 e. The van der Waals surface area contributed by atoms with Crippen molar-refractivity contribution in [1.29, 1.82) is 0 Å². The fourth-order valence-electron chi connectivity index (χ4n) is 2.53. The third kappa shape index (κ3) is 0.492. The van der Waals surface area contributed by atoms with Crippen LogP contribution in [0.15, 0.2) is 12.2 Å². The third-order valence-corrected chi connectivity index (χ3v) is 4.07. The van der Waals surface area contributed by atoms with Gasteiger partial charge in [-0.1, -0.05) is 32.9 Å². The van der Waals surface area contributed by atoms with Crippen molar-refractivity contribution in [2.24, 2.45) is 16.7 Å². The first-order chi connectivity index (χ1) is 4.56. The Labute approximate surface area is 63.3 Å². The third-order valence-electron chi connectivity index (χ3n) is 4.07. The van der Waals surface area contributed by atoms with Gasteiger partial charge in [-0.05, 0) is 29.6 Å². The lowest BCUT2D eigenvalue weighted by Gasteiger charge is -2.33. The van der Waals surface area contributed by atoms with Crippen molar-refractivity contribution < 1.29 is 0 Å². The maximum absolute atomic E-state index is 2.43. The minimum atomic E-state index is 0.525. The van der Waals surface area contributed by atoms with Crippen LogP contribution in [-0.2, 0) is 0 Å². The molecule has 2 rings (SSSR count). The van der Waals surface area contributed by atoms with Gasteiger partial charge in [0.15, 0.2) is 0 Å². The second-order valence-corrected chi connectivity index (χ2v) is 4.64. The quantitative estimate of drug-likeness (QED) is 0.449. The smallest absolute Gasteiger partial charge is 0.00895 e. The van der Waals surface area contributed by atoms with E-state index >= 15 is 0 Å². The molecular formula is C10H16. The van der Waals surface area contributed by atoms with E-state index in [0.29, 0.717) is 10.8 Å². The van der Waals surface area contributed by atoms with Gasteiger partial charge in [0.05, 0.1) is 0 Å². The summed E-state index contributed by atoms with van der Waals surface area (Å²) >= 11 is 0. The first-order valence-corrected chi connectivity index (χ1v) is 4.26. The van der Waals surface area contributed by atoms with Crippen molar-refractivity contribution in [2.45, 2.75) is 33.6 Å². The molecule has 0 N–H and O–H groups in total. The van der Waals surface area contributed by atoms with Gasteiger partial charge in [-0.15, -0.1) is 0 Å². The van der Waals surface area contributed by atoms with Crippen LogP contribution in [0, 0.1) is 16.7 Å². The van der Waals surface area contributed by atoms with E-state index in [9.17, 15) is 0 Å². The summed E-state index contributed by atoms with van der Waals surface area (Å²) in [5.74, 6) is 0.873. The molecular weight excluding hydrogens is 120 g/mol. The Balaban J connectivity index is 2.45. The lowest BCUT2D eigenvalue weighted by Crippen LogP contribution is -2.27. The second kappa shape index (κ2) is 1.49. The Morgan fingerprint density at radius 2 is 2.00 bits per heavy atom. The van der Waals surface area contributed by atoms with Crippen molar-refractivity contribution in [3.05, 3.63) is 12.2 Å². The molecule has 0 unspecified atom stereocenters. The maximum Gasteiger partial charge on any atom is -0.00895 e. The van der Waals surface area contributed by atoms with Gasteiger partial charge >= 0.3 is 0 Å². The molecule has 1 fully saturated rings. The Morgan fingerprint density at radius 3 is 2.10 bits per heavy atom. The van der Waals surface area contributed by atoms with Gasteiger partial charge in [-0.2, -0.15) is 0 Å². The van der Waals surface area contributed by atoms with Gasteiger partial charge in [0.1, 0.15) is 0 Å². The lowest BCUT2D eigenvalue weighted by molar-refractivity contribution is 0.182. The molecule has 0 amide bonds. The monoisotopic (exact) mass is 136 g/mol. The molecule has 0 nitrogen and oxygen atoms in total. The van der Waals surface area contributed by atoms with E-state index in [-0.39, 0.29) is 0 Å². The molecule has 10 heavy (non-hydrogen) atoms. The van der Waals surface area contributed by atoms with Crippen LogP contribution < -0.4 is 0 Å². The van der Waals surface area contributed by atoms with Crippen molar-refractivity contribution >= 4 is 0 Å². The van der Waals surface area contributed by atoms with E-state index in [1.807, 2.05) is 0 Å². The van der Waals surface area contributed by atoms with E-state index in [2.05, 4.69) is 32.9 Å². The predicted octanol–water partition coefficient (Wildman–Crippen LogP) is 3.00. The summed E-state index contributed by atoms with van der Waals surface area (Å²) in [6.07, 6.45) is 7.67. The molecule has 0 aromatic rings. The molecule has 0 saturated heterocycles. The topological polar surface area (TPSA) is 0 Å². The van der Waals surface area contributed by atoms with Crippen LogP contribution in [-0.4, -0.2) is 0 Å². The lowest BCUT2D eigenvalue weighted by atomic mass is 9.71. The largest absolute Gasteiger partial charge is 0.0843 e. The molecule has 0 aromatic heterocycles. The number of hydrogen-bond donors (Lipinski definition) is 0. The summed E-state index contributed by atoms with van der Waals surface area (Å²) in [6, 6.07) is 0. The highest BCUT2D eigenvalue weighted by Crippen LogP contribution is 2.61. The van der Waals surface area contributed by atoms with Crippen LogP contribution in [0.1, 0.15) is 33.6 Å². The minimum absolute atomic E-state index is 0.525. The first kappa shape index (κ1) is 6.45.